The van der Waals surface area contributed by atoms with Crippen LogP contribution in [0.3, 0.4) is 0 Å². The maximum Gasteiger partial charge on any atom is 0.309 e. The van der Waals surface area contributed by atoms with Gasteiger partial charge in [0.25, 0.3) is 0 Å². The number of benzene rings is 1. The summed E-state index contributed by atoms with van der Waals surface area (Å²) in [5.41, 5.74) is 3.17. The van der Waals surface area contributed by atoms with E-state index in [1.165, 1.54) is 0 Å². The van der Waals surface area contributed by atoms with Crippen molar-refractivity contribution < 1.29 is 14.3 Å². The number of fused-ring (bicyclic) bond motifs is 1. The molecule has 0 fully saturated rings. The number of ketones is 1. The van der Waals surface area contributed by atoms with Gasteiger partial charge in [0.05, 0.1) is 12.5 Å². The second kappa shape index (κ2) is 7.57. The molecule has 22 heavy (non-hydrogen) atoms. The molecule has 0 saturated carbocycles. The Morgan fingerprint density at radius 2 is 2.09 bits per heavy atom. The molecule has 1 aromatic rings. The molecule has 2 atom stereocenters. The SMILES string of the molecule is CCCC(Cc1cccc2c1CC(CC)C2=O)C(=O)OCC. The van der Waals surface area contributed by atoms with Gasteiger partial charge >= 0.3 is 5.97 Å². The molecule has 3 nitrogen and oxygen atoms in total. The van der Waals surface area contributed by atoms with Gasteiger partial charge in [0.15, 0.2) is 5.78 Å². The van der Waals surface area contributed by atoms with Crippen LogP contribution in [0.1, 0.15) is 61.5 Å². The van der Waals surface area contributed by atoms with Crippen molar-refractivity contribution in [2.75, 3.05) is 6.61 Å². The van der Waals surface area contributed by atoms with Crippen molar-refractivity contribution in [1.29, 1.82) is 0 Å². The van der Waals surface area contributed by atoms with Gasteiger partial charge in [-0.05, 0) is 43.7 Å². The molecule has 1 aromatic carbocycles. The fourth-order valence-electron chi connectivity index (χ4n) is 3.36. The van der Waals surface area contributed by atoms with Gasteiger partial charge in [-0.3, -0.25) is 9.59 Å². The molecule has 0 N–H and O–H groups in total. The highest BCUT2D eigenvalue weighted by Crippen LogP contribution is 2.32. The Hall–Kier alpha value is -1.64. The fraction of sp³-hybridized carbons (Fsp3) is 0.579. The van der Waals surface area contributed by atoms with Crippen molar-refractivity contribution in [1.82, 2.24) is 0 Å². The Kier molecular flexibility index (Phi) is 5.76. The van der Waals surface area contributed by atoms with Gasteiger partial charge in [-0.25, -0.2) is 0 Å². The third-order valence-corrected chi connectivity index (χ3v) is 4.58. The first-order valence-electron chi connectivity index (χ1n) is 8.43. The average Bonchev–Trinajstić information content (AvgIpc) is 2.84. The second-order valence-electron chi connectivity index (χ2n) is 6.06. The van der Waals surface area contributed by atoms with E-state index in [2.05, 4.69) is 19.9 Å². The van der Waals surface area contributed by atoms with E-state index in [-0.39, 0.29) is 23.6 Å². The minimum absolute atomic E-state index is 0.104. The molecule has 120 valence electrons. The number of ether oxygens (including phenoxy) is 1. The molecule has 0 amide bonds. The van der Waals surface area contributed by atoms with Crippen molar-refractivity contribution in [3.05, 3.63) is 34.9 Å². The Morgan fingerprint density at radius 3 is 2.73 bits per heavy atom. The first-order valence-corrected chi connectivity index (χ1v) is 8.43. The number of hydrogen-bond acceptors (Lipinski definition) is 3. The summed E-state index contributed by atoms with van der Waals surface area (Å²) in [7, 11) is 0. The first-order chi connectivity index (χ1) is 10.6. The Labute approximate surface area is 133 Å². The van der Waals surface area contributed by atoms with E-state index in [9.17, 15) is 9.59 Å². The van der Waals surface area contributed by atoms with Gasteiger partial charge in [0.1, 0.15) is 0 Å². The van der Waals surface area contributed by atoms with Crippen molar-refractivity contribution in [3.8, 4) is 0 Å². The van der Waals surface area contributed by atoms with Gasteiger partial charge in [-0.2, -0.15) is 0 Å². The van der Waals surface area contributed by atoms with Crippen molar-refractivity contribution in [3.63, 3.8) is 0 Å². The lowest BCUT2D eigenvalue weighted by Crippen LogP contribution is -2.20. The van der Waals surface area contributed by atoms with E-state index >= 15 is 0 Å². The fourth-order valence-corrected chi connectivity index (χ4v) is 3.36. The van der Waals surface area contributed by atoms with Crippen LogP contribution in [0.2, 0.25) is 0 Å². The van der Waals surface area contributed by atoms with E-state index < -0.39 is 0 Å². The smallest absolute Gasteiger partial charge is 0.309 e. The number of carbonyl (C=O) groups excluding carboxylic acids is 2. The van der Waals surface area contributed by atoms with Crippen LogP contribution in [0.15, 0.2) is 18.2 Å². The zero-order valence-electron chi connectivity index (χ0n) is 13.9. The standard InChI is InChI=1S/C19H26O3/c1-4-8-15(19(21)22-6-3)11-14-9-7-10-16-17(14)12-13(5-2)18(16)20/h7,9-10,13,15H,4-6,8,11-12H2,1-3H3. The summed E-state index contributed by atoms with van der Waals surface area (Å²) in [6.45, 7) is 6.40. The number of esters is 1. The average molecular weight is 302 g/mol. The summed E-state index contributed by atoms with van der Waals surface area (Å²) in [6.07, 6.45) is 4.16. The molecule has 0 saturated heterocycles. The highest BCUT2D eigenvalue weighted by atomic mass is 16.5. The van der Waals surface area contributed by atoms with Crippen LogP contribution in [0.4, 0.5) is 0 Å². The Morgan fingerprint density at radius 1 is 1.32 bits per heavy atom. The van der Waals surface area contributed by atoms with Crippen LogP contribution in [-0.2, 0) is 22.4 Å². The molecule has 1 aliphatic rings. The topological polar surface area (TPSA) is 43.4 Å². The maximum atomic E-state index is 12.3. The molecule has 1 aliphatic carbocycles. The molecule has 0 radical (unpaired) electrons. The summed E-state index contributed by atoms with van der Waals surface area (Å²) < 4.78 is 5.21. The number of rotatable bonds is 7. The minimum atomic E-state index is -0.113. The molecule has 0 spiro atoms. The zero-order chi connectivity index (χ0) is 16.1. The van der Waals surface area contributed by atoms with Crippen LogP contribution in [0, 0.1) is 11.8 Å². The minimum Gasteiger partial charge on any atom is -0.466 e. The molecule has 0 aliphatic heterocycles. The predicted octanol–water partition coefficient (Wildman–Crippen LogP) is 3.97. The summed E-state index contributed by atoms with van der Waals surface area (Å²) >= 11 is 0. The van der Waals surface area contributed by atoms with E-state index in [0.29, 0.717) is 13.0 Å². The van der Waals surface area contributed by atoms with Crippen LogP contribution < -0.4 is 0 Å². The lowest BCUT2D eigenvalue weighted by atomic mass is 9.91. The molecule has 2 rings (SSSR count). The Bertz CT molecular complexity index is 548. The zero-order valence-corrected chi connectivity index (χ0v) is 13.9. The van der Waals surface area contributed by atoms with Crippen molar-refractivity contribution in [2.45, 2.75) is 52.9 Å². The van der Waals surface area contributed by atoms with Crippen LogP contribution >= 0.6 is 0 Å². The van der Waals surface area contributed by atoms with Gasteiger partial charge in [0, 0.05) is 11.5 Å². The highest BCUT2D eigenvalue weighted by Gasteiger charge is 2.31. The third-order valence-electron chi connectivity index (χ3n) is 4.58. The number of carbonyl (C=O) groups is 2. The lowest BCUT2D eigenvalue weighted by Gasteiger charge is -2.16. The van der Waals surface area contributed by atoms with Crippen molar-refractivity contribution in [2.24, 2.45) is 11.8 Å². The molecule has 0 bridgehead atoms. The van der Waals surface area contributed by atoms with Gasteiger partial charge in [-0.1, -0.05) is 38.5 Å². The predicted molar refractivity (Wildman–Crippen MR) is 87.0 cm³/mol. The van der Waals surface area contributed by atoms with Gasteiger partial charge < -0.3 is 4.74 Å². The normalized spacial score (nSPS) is 18.1. The summed E-state index contributed by atoms with van der Waals surface area (Å²) in [6, 6.07) is 5.93. The molecule has 3 heteroatoms. The highest BCUT2D eigenvalue weighted by molar-refractivity contribution is 6.02. The maximum absolute atomic E-state index is 12.3. The van der Waals surface area contributed by atoms with Gasteiger partial charge in [-0.15, -0.1) is 0 Å². The molecule has 0 heterocycles. The van der Waals surface area contributed by atoms with Crippen LogP contribution in [-0.4, -0.2) is 18.4 Å². The van der Waals surface area contributed by atoms with Crippen LogP contribution in [0.25, 0.3) is 0 Å². The summed E-state index contributed by atoms with van der Waals surface area (Å²) in [5.74, 6) is 0.163. The summed E-state index contributed by atoms with van der Waals surface area (Å²) in [5, 5.41) is 0. The van der Waals surface area contributed by atoms with Gasteiger partial charge in [0.2, 0.25) is 0 Å². The molecule has 0 aromatic heterocycles. The second-order valence-corrected chi connectivity index (χ2v) is 6.06. The molecular formula is C19H26O3. The van der Waals surface area contributed by atoms with E-state index in [0.717, 1.165) is 42.4 Å². The quantitative estimate of drug-likeness (QED) is 0.716. The van der Waals surface area contributed by atoms with E-state index in [1.54, 1.807) is 0 Å². The summed E-state index contributed by atoms with van der Waals surface area (Å²) in [4.78, 5) is 24.5. The third kappa shape index (κ3) is 3.40. The van der Waals surface area contributed by atoms with E-state index in [4.69, 9.17) is 4.74 Å². The molecule has 2 unspecified atom stereocenters. The van der Waals surface area contributed by atoms with Crippen molar-refractivity contribution >= 4 is 11.8 Å². The first kappa shape index (κ1) is 16.7. The number of hydrogen-bond donors (Lipinski definition) is 0. The lowest BCUT2D eigenvalue weighted by molar-refractivity contribution is -0.148. The van der Waals surface area contributed by atoms with E-state index in [1.807, 2.05) is 19.1 Å². The Balaban J connectivity index is 2.23. The molecular weight excluding hydrogens is 276 g/mol. The monoisotopic (exact) mass is 302 g/mol. The largest absolute Gasteiger partial charge is 0.466 e. The van der Waals surface area contributed by atoms with Crippen LogP contribution in [0.5, 0.6) is 0 Å². The number of Topliss-reactive ketones (excluding diaryl/α,β-unsaturated/α-hetero) is 1.